The summed E-state index contributed by atoms with van der Waals surface area (Å²) >= 11 is 0. The number of phenols is 1. The van der Waals surface area contributed by atoms with Crippen molar-refractivity contribution in [1.29, 1.82) is 0 Å². The van der Waals surface area contributed by atoms with Gasteiger partial charge in [-0.2, -0.15) is 0 Å². The largest absolute Gasteiger partial charge is 0.504 e. The zero-order valence-electron chi connectivity index (χ0n) is 83.3. The van der Waals surface area contributed by atoms with E-state index in [2.05, 4.69) is 41.6 Å². The predicted molar refractivity (Wildman–Crippen MR) is 542 cm³/mol. The van der Waals surface area contributed by atoms with Gasteiger partial charge in [-0.1, -0.05) is 150 Å². The van der Waals surface area contributed by atoms with Gasteiger partial charge in [-0.05, 0) is 160 Å². The Morgan fingerprint density at radius 1 is 0.371 bits per heavy atom. The second-order valence-corrected chi connectivity index (χ2v) is 34.5. The molecule has 10 aromatic carbocycles. The number of hydrogen-bond donors (Lipinski definition) is 6. The second-order valence-electron chi connectivity index (χ2n) is 32.5. The number of carbonyl (C=O) groups is 1. The summed E-state index contributed by atoms with van der Waals surface area (Å²) in [5, 5.41) is 48.6. The van der Waals surface area contributed by atoms with Gasteiger partial charge in [-0.15, -0.1) is 12.4 Å². The average Bonchev–Trinajstić information content (AvgIpc) is 1.65. The van der Waals surface area contributed by atoms with Crippen molar-refractivity contribution < 1.29 is 122 Å². The van der Waals surface area contributed by atoms with Crippen LogP contribution >= 0.6 is 12.4 Å². The number of methoxy groups -OCH3 is 5. The lowest BCUT2D eigenvalue weighted by Gasteiger charge is -2.17. The number of aromatic hydroxyl groups is 1. The van der Waals surface area contributed by atoms with Crippen LogP contribution in [0.4, 0.5) is 0 Å². The van der Waals surface area contributed by atoms with Crippen LogP contribution in [0.5, 0.6) is 80.5 Å². The zero-order chi connectivity index (χ0) is 102. The van der Waals surface area contributed by atoms with Crippen LogP contribution in [-0.2, 0) is 62.7 Å². The first-order valence-corrected chi connectivity index (χ1v) is 46.5. The first kappa shape index (κ1) is 109. The van der Waals surface area contributed by atoms with Gasteiger partial charge in [0.2, 0.25) is 15.9 Å². The number of phenolic OH excluding ortho intramolecular Hbond substituents is 1. The maximum absolute atomic E-state index is 9.89. The van der Waals surface area contributed by atoms with E-state index in [0.29, 0.717) is 84.8 Å². The van der Waals surface area contributed by atoms with Crippen LogP contribution in [-0.4, -0.2) is 222 Å². The van der Waals surface area contributed by atoms with E-state index in [-0.39, 0.29) is 52.1 Å². The molecule has 5 spiro atoms. The number of nitrogens with zero attached hydrogens (tertiary/aromatic N) is 5. The first-order valence-electron chi connectivity index (χ1n) is 46.6. The van der Waals surface area contributed by atoms with Crippen LogP contribution < -0.4 is 58.4 Å². The monoisotopic (exact) mass is 1970 g/mol. The van der Waals surface area contributed by atoms with E-state index in [9.17, 15) is 18.3 Å². The van der Waals surface area contributed by atoms with Crippen LogP contribution in [0, 0.1) is 0 Å². The lowest BCUT2D eigenvalue weighted by molar-refractivity contribution is -0.118. The minimum absolute atomic E-state index is 0. The number of carbonyl (C=O) groups excluding carboxylic acids is 1. The fourth-order valence-corrected chi connectivity index (χ4v) is 14.8. The van der Waals surface area contributed by atoms with E-state index in [1.54, 1.807) is 47.6 Å². The van der Waals surface area contributed by atoms with Gasteiger partial charge < -0.3 is 117 Å². The lowest BCUT2D eigenvalue weighted by atomic mass is 9.93. The number of rotatable bonds is 19. The maximum Gasteiger partial charge on any atom is 0.448 e. The number of benzene rings is 10. The molecule has 140 heavy (non-hydrogen) atoms. The molecule has 5 unspecified atom stereocenters. The topological polar surface area (TPSA) is 399 Å². The molecule has 0 aromatic heterocycles. The molecule has 5 fully saturated rings. The van der Waals surface area contributed by atoms with Crippen molar-refractivity contribution in [3.8, 4) is 80.5 Å². The van der Waals surface area contributed by atoms with Crippen molar-refractivity contribution in [2.75, 3.05) is 129 Å². The van der Waals surface area contributed by atoms with E-state index >= 15 is 0 Å². The summed E-state index contributed by atoms with van der Waals surface area (Å²) in [6.07, 6.45) is 9.22. The molecular formula is C104H130BClN8O25S. The van der Waals surface area contributed by atoms with Crippen LogP contribution in [0.2, 0.25) is 6.82 Å². The highest BCUT2D eigenvalue weighted by Crippen LogP contribution is 2.44. The molecule has 33 nitrogen and oxygen atoms in total. The molecule has 10 aromatic rings. The average molecular weight is 1970 g/mol. The number of ether oxygens (including phenoxy) is 14. The van der Waals surface area contributed by atoms with E-state index < -0.39 is 17.1 Å². The Morgan fingerprint density at radius 2 is 0.557 bits per heavy atom. The van der Waals surface area contributed by atoms with Crippen molar-refractivity contribution in [3.05, 3.63) is 277 Å². The van der Waals surface area contributed by atoms with Gasteiger partial charge in [-0.3, -0.25) is 4.79 Å². The van der Waals surface area contributed by atoms with Crippen molar-refractivity contribution in [3.63, 3.8) is 0 Å². The number of amides is 1. The summed E-state index contributed by atoms with van der Waals surface area (Å²) in [6, 6.07) is 79.1. The summed E-state index contributed by atoms with van der Waals surface area (Å²) in [6.45, 7) is 9.38. The highest BCUT2D eigenvalue weighted by molar-refractivity contribution is 7.88. The molecule has 20 rings (SSSR count). The molecule has 0 bridgehead atoms. The van der Waals surface area contributed by atoms with Gasteiger partial charge in [0, 0.05) is 109 Å². The van der Waals surface area contributed by atoms with E-state index in [0.717, 1.165) is 183 Å². The summed E-state index contributed by atoms with van der Waals surface area (Å²) in [7, 11) is 10.9. The summed E-state index contributed by atoms with van der Waals surface area (Å²) in [4.78, 5) is 37.9. The molecule has 10 aliphatic rings. The molecule has 5 saturated heterocycles. The Hall–Kier alpha value is -13.0. The Balaban J connectivity index is 0.000000204. The fourth-order valence-electron chi connectivity index (χ4n) is 14.8. The Kier molecular flexibility index (Phi) is 43.3. The maximum atomic E-state index is 9.89. The third-order valence-electron chi connectivity index (χ3n) is 22.3. The molecular weight excluding hydrogens is 1840 g/mol. The van der Waals surface area contributed by atoms with Gasteiger partial charge in [0.25, 0.3) is 0 Å². The number of halogens is 1. The van der Waals surface area contributed by atoms with Gasteiger partial charge in [0.05, 0.1) is 136 Å². The van der Waals surface area contributed by atoms with Gasteiger partial charge >= 0.3 is 7.12 Å². The standard InChI is InChI=1S/4C19H19NO4.C13H15NO4.C6H6.C3H7NO.C2H7NO2S.CH5BO2.CH5N.2CH4.ClH/c4*1-21-17-8-7-14(11-18(17)23-15-5-3-2-4-6-15)16-12-19(24-20-16)9-10-22-13-19;1-16-12-3-2-9(6-11(12)15)10-7-13(18-14-10)4-5-17-8-13;1-2-4-6-5-3-1;1-3(5)4-2;1-3-6(2,4)5;1-2(3)4;1-2;;;/h4*2-8,11H,9-10,12-13H2,1H3;2-3,6,15H,4-5,7-8H2,1H3;1-6H;1-2H3,(H,4,5);3H,1-2H3;3-4H,1H3;2H2,1H3;2*1H4;1H/i;;;;;;;;;;2*1T;. The number of nitrogens with one attached hydrogen (secondary N) is 2. The van der Waals surface area contributed by atoms with E-state index in [1.807, 2.05) is 237 Å². The van der Waals surface area contributed by atoms with E-state index in [4.69, 9.17) is 103 Å². The number of oxime groups is 5. The van der Waals surface area contributed by atoms with Crippen molar-refractivity contribution in [2.45, 2.75) is 121 Å². The number of para-hydroxylation sites is 4. The van der Waals surface area contributed by atoms with Crippen molar-refractivity contribution >= 4 is 64.0 Å². The molecule has 10 aliphatic heterocycles. The van der Waals surface area contributed by atoms with E-state index in [1.165, 1.54) is 49.8 Å². The highest BCUT2D eigenvalue weighted by atomic mass is 35.5. The minimum Gasteiger partial charge on any atom is -0.504 e. The molecule has 1 amide bonds. The van der Waals surface area contributed by atoms with Crippen LogP contribution in [0.3, 0.4) is 0 Å². The number of hydrogen-bond acceptors (Lipinski definition) is 31. The Labute approximate surface area is 829 Å². The fraction of sp³-hybridized carbons (Fsp3) is 0.365. The summed E-state index contributed by atoms with van der Waals surface area (Å²) in [5.74, 6) is 8.99. The first-order chi connectivity index (χ1) is 68.4. The Bertz CT molecular complexity index is 5200. The van der Waals surface area contributed by atoms with Crippen LogP contribution in [0.25, 0.3) is 0 Å². The molecule has 36 heteroatoms. The highest BCUT2D eigenvalue weighted by Gasteiger charge is 2.48. The number of nitrogens with two attached hydrogens (primary N) is 1. The minimum atomic E-state index is -2.91. The predicted octanol–water partition coefficient (Wildman–Crippen LogP) is 17.7. The molecule has 10 heterocycles. The van der Waals surface area contributed by atoms with Crippen LogP contribution in [0.1, 0.15) is 116 Å². The summed E-state index contributed by atoms with van der Waals surface area (Å²) < 4.78 is 111. The SMILES string of the molecule is CB(O)O.CN.CNC(C)=O.CNS(C)(=O)=O.COc1ccc(C2=NOC3(CCOC3)C2)cc1O.COc1ccc(C2=NOC3(CCOC3)C2)cc1Oc1ccccc1.COc1ccc(C2=NOC3(CCOC3)C2)cc1Oc1ccccc1.COc1ccc(C2=NOC3(CCOC3)C2)cc1Oc1ccccc1.COc1ccc(C2=NOC3(CCOC3)C2)cc1Oc1ccccc1.Cl.[3H]C.[3H]C.c1ccccc1. The molecule has 0 aliphatic carbocycles. The molecule has 5 atom stereocenters. The lowest BCUT2D eigenvalue weighted by Crippen LogP contribution is -2.29. The third kappa shape index (κ3) is 33.1. The molecule has 752 valence electrons. The van der Waals surface area contributed by atoms with Crippen molar-refractivity contribution in [1.82, 2.24) is 10.0 Å². The third-order valence-corrected chi connectivity index (χ3v) is 23.0. The molecule has 7 N–H and O–H groups in total. The van der Waals surface area contributed by atoms with Crippen LogP contribution in [0.15, 0.2) is 274 Å². The summed E-state index contributed by atoms with van der Waals surface area (Å²) in [5.41, 5.74) is 12.4. The van der Waals surface area contributed by atoms with Crippen molar-refractivity contribution in [2.24, 2.45) is 31.5 Å². The Morgan fingerprint density at radius 3 is 0.721 bits per heavy atom. The number of sulfonamides is 1. The van der Waals surface area contributed by atoms with Gasteiger partial charge in [0.15, 0.2) is 85.5 Å². The molecule has 0 radical (unpaired) electrons. The normalized spacial score (nSPS) is 20.1. The smallest absolute Gasteiger partial charge is 0.448 e. The second kappa shape index (κ2) is 55.7. The van der Waals surface area contributed by atoms with Gasteiger partial charge in [-0.25, -0.2) is 13.1 Å². The quantitative estimate of drug-likeness (QED) is 0.0409. The van der Waals surface area contributed by atoms with Gasteiger partial charge in [0.1, 0.15) is 23.0 Å². The zero-order valence-corrected chi connectivity index (χ0v) is 83.0. The molecule has 0 saturated carbocycles.